The summed E-state index contributed by atoms with van der Waals surface area (Å²) < 4.78 is 7.16. The molecular formula is C20H21N5O3. The first-order chi connectivity index (χ1) is 13.6. The monoisotopic (exact) mass is 379 g/mol. The van der Waals surface area contributed by atoms with Crippen LogP contribution in [-0.4, -0.2) is 41.2 Å². The van der Waals surface area contributed by atoms with Crippen LogP contribution in [0.5, 0.6) is 5.75 Å². The molecule has 8 heteroatoms. The van der Waals surface area contributed by atoms with Crippen molar-refractivity contribution >= 4 is 34.6 Å². The minimum Gasteiger partial charge on any atom is -0.497 e. The van der Waals surface area contributed by atoms with Crippen LogP contribution >= 0.6 is 0 Å². The summed E-state index contributed by atoms with van der Waals surface area (Å²) in [7, 11) is 1.56. The fourth-order valence-corrected chi connectivity index (χ4v) is 3.26. The summed E-state index contributed by atoms with van der Waals surface area (Å²) in [6.07, 6.45) is 0. The van der Waals surface area contributed by atoms with Crippen LogP contribution in [-0.2, 0) is 11.3 Å². The van der Waals surface area contributed by atoms with E-state index in [9.17, 15) is 9.59 Å². The molecule has 0 fully saturated rings. The fourth-order valence-electron chi connectivity index (χ4n) is 3.26. The molecule has 3 aromatic rings. The zero-order valence-corrected chi connectivity index (χ0v) is 15.7. The number of ether oxygens (including phenoxy) is 1. The van der Waals surface area contributed by atoms with E-state index in [1.165, 1.54) is 0 Å². The van der Waals surface area contributed by atoms with Gasteiger partial charge in [-0.3, -0.25) is 9.69 Å². The number of rotatable bonds is 4. The smallest absolute Gasteiger partial charge is 0.324 e. The number of hydrogen-bond donors (Lipinski definition) is 2. The first-order valence-corrected chi connectivity index (χ1v) is 9.05. The lowest BCUT2D eigenvalue weighted by Crippen LogP contribution is -2.48. The lowest BCUT2D eigenvalue weighted by atomic mass is 10.2. The van der Waals surface area contributed by atoms with Crippen molar-refractivity contribution in [3.63, 3.8) is 0 Å². The van der Waals surface area contributed by atoms with Crippen LogP contribution in [0.3, 0.4) is 0 Å². The molecule has 1 aliphatic rings. The van der Waals surface area contributed by atoms with Gasteiger partial charge in [-0.1, -0.05) is 18.2 Å². The molecule has 0 bridgehead atoms. The first-order valence-electron chi connectivity index (χ1n) is 9.05. The van der Waals surface area contributed by atoms with Gasteiger partial charge in [0.05, 0.1) is 18.1 Å². The van der Waals surface area contributed by atoms with Crippen molar-refractivity contribution in [3.05, 3.63) is 48.5 Å². The third-order valence-corrected chi connectivity index (χ3v) is 4.74. The number of aromatic nitrogens is 2. The summed E-state index contributed by atoms with van der Waals surface area (Å²) in [5.41, 5.74) is 2.45. The first kappa shape index (κ1) is 17.8. The third-order valence-electron chi connectivity index (χ3n) is 4.74. The van der Waals surface area contributed by atoms with Crippen LogP contribution in [0.4, 0.5) is 16.4 Å². The van der Waals surface area contributed by atoms with Gasteiger partial charge in [-0.05, 0) is 31.2 Å². The molecule has 2 N–H and O–H groups in total. The molecular weight excluding hydrogens is 358 g/mol. The van der Waals surface area contributed by atoms with Crippen LogP contribution < -0.4 is 20.3 Å². The Labute approximate surface area is 162 Å². The van der Waals surface area contributed by atoms with Crippen molar-refractivity contribution in [2.75, 3.05) is 23.9 Å². The highest BCUT2D eigenvalue weighted by Crippen LogP contribution is 2.27. The maximum atomic E-state index is 12.7. The zero-order chi connectivity index (χ0) is 19.7. The van der Waals surface area contributed by atoms with E-state index >= 15 is 0 Å². The topological polar surface area (TPSA) is 88.5 Å². The van der Waals surface area contributed by atoms with E-state index in [1.807, 2.05) is 28.8 Å². The van der Waals surface area contributed by atoms with Gasteiger partial charge < -0.3 is 19.9 Å². The molecule has 0 saturated carbocycles. The lowest BCUT2D eigenvalue weighted by molar-refractivity contribution is -0.117. The molecule has 1 atom stereocenters. The van der Waals surface area contributed by atoms with E-state index in [0.717, 1.165) is 11.0 Å². The fraction of sp³-hybridized carbons (Fsp3) is 0.250. The van der Waals surface area contributed by atoms with Crippen molar-refractivity contribution in [2.24, 2.45) is 0 Å². The van der Waals surface area contributed by atoms with Crippen molar-refractivity contribution < 1.29 is 14.3 Å². The highest BCUT2D eigenvalue weighted by molar-refractivity contribution is 6.00. The number of nitrogens with one attached hydrogen (secondary N) is 2. The number of methoxy groups -OCH3 is 1. The van der Waals surface area contributed by atoms with E-state index in [-0.39, 0.29) is 11.9 Å². The van der Waals surface area contributed by atoms with Crippen LogP contribution in [0.25, 0.3) is 11.0 Å². The Hall–Kier alpha value is -3.55. The van der Waals surface area contributed by atoms with E-state index in [4.69, 9.17) is 4.74 Å². The number of hydrogen-bond acceptors (Lipinski definition) is 4. The maximum absolute atomic E-state index is 12.7. The highest BCUT2D eigenvalue weighted by Gasteiger charge is 2.29. The molecule has 0 saturated heterocycles. The molecule has 144 valence electrons. The summed E-state index contributed by atoms with van der Waals surface area (Å²) in [6.45, 7) is 2.84. The zero-order valence-electron chi connectivity index (χ0n) is 15.7. The molecule has 1 aromatic heterocycles. The summed E-state index contributed by atoms with van der Waals surface area (Å²) in [5, 5.41) is 5.53. The van der Waals surface area contributed by atoms with Crippen molar-refractivity contribution in [1.82, 2.24) is 14.9 Å². The second kappa shape index (κ2) is 7.22. The molecule has 1 aliphatic heterocycles. The van der Waals surface area contributed by atoms with Gasteiger partial charge in [0.25, 0.3) is 0 Å². The molecule has 0 spiro atoms. The normalized spacial score (nSPS) is 13.9. The minimum atomic E-state index is -0.711. The van der Waals surface area contributed by atoms with Gasteiger partial charge in [-0.25, -0.2) is 9.78 Å². The number of imidazole rings is 1. The van der Waals surface area contributed by atoms with Gasteiger partial charge in [-0.15, -0.1) is 0 Å². The quantitative estimate of drug-likeness (QED) is 0.729. The third kappa shape index (κ3) is 3.24. The Kier molecular flexibility index (Phi) is 4.60. The molecule has 0 aliphatic carbocycles. The molecule has 2 heterocycles. The molecule has 8 nitrogen and oxygen atoms in total. The average molecular weight is 379 g/mol. The summed E-state index contributed by atoms with van der Waals surface area (Å²) >= 11 is 0. The summed E-state index contributed by atoms with van der Waals surface area (Å²) in [4.78, 5) is 31.3. The SMILES string of the molecule is COc1cccc(NC(=O)[C@H](C)NC(=O)N2CCn3c2nc2ccccc23)c1. The van der Waals surface area contributed by atoms with Gasteiger partial charge in [0, 0.05) is 24.8 Å². The Morgan fingerprint density at radius 1 is 1.14 bits per heavy atom. The van der Waals surface area contributed by atoms with Crippen molar-refractivity contribution in [2.45, 2.75) is 19.5 Å². The van der Waals surface area contributed by atoms with Crippen LogP contribution in [0.1, 0.15) is 6.92 Å². The molecule has 28 heavy (non-hydrogen) atoms. The highest BCUT2D eigenvalue weighted by atomic mass is 16.5. The molecule has 0 radical (unpaired) electrons. The number of urea groups is 1. The number of carbonyl (C=O) groups is 2. The summed E-state index contributed by atoms with van der Waals surface area (Å²) in [5.74, 6) is 0.930. The van der Waals surface area contributed by atoms with Gasteiger partial charge in [-0.2, -0.15) is 0 Å². The van der Waals surface area contributed by atoms with Crippen molar-refractivity contribution in [3.8, 4) is 5.75 Å². The van der Waals surface area contributed by atoms with Crippen LogP contribution in [0, 0.1) is 0 Å². The van der Waals surface area contributed by atoms with E-state index in [0.29, 0.717) is 30.5 Å². The number of fused-ring (bicyclic) bond motifs is 3. The van der Waals surface area contributed by atoms with Gasteiger partial charge in [0.15, 0.2) is 0 Å². The predicted molar refractivity (Wildman–Crippen MR) is 107 cm³/mol. The van der Waals surface area contributed by atoms with E-state index in [1.54, 1.807) is 43.2 Å². The maximum Gasteiger partial charge on any atom is 0.324 e. The van der Waals surface area contributed by atoms with Gasteiger partial charge in [0.1, 0.15) is 11.8 Å². The van der Waals surface area contributed by atoms with Crippen LogP contribution in [0.2, 0.25) is 0 Å². The predicted octanol–water partition coefficient (Wildman–Crippen LogP) is 2.60. The molecule has 0 unspecified atom stereocenters. The Morgan fingerprint density at radius 3 is 2.79 bits per heavy atom. The number of carbonyl (C=O) groups excluding carboxylic acids is 2. The van der Waals surface area contributed by atoms with Crippen molar-refractivity contribution in [1.29, 1.82) is 0 Å². The second-order valence-corrected chi connectivity index (χ2v) is 6.60. The number of para-hydroxylation sites is 2. The second-order valence-electron chi connectivity index (χ2n) is 6.60. The van der Waals surface area contributed by atoms with Gasteiger partial charge >= 0.3 is 6.03 Å². The Bertz CT molecular complexity index is 1050. The minimum absolute atomic E-state index is 0.311. The van der Waals surface area contributed by atoms with E-state index < -0.39 is 6.04 Å². The molecule has 4 rings (SSSR count). The number of benzene rings is 2. The van der Waals surface area contributed by atoms with Gasteiger partial charge in [0.2, 0.25) is 11.9 Å². The molecule has 3 amide bonds. The largest absolute Gasteiger partial charge is 0.497 e. The number of anilines is 2. The summed E-state index contributed by atoms with van der Waals surface area (Å²) in [6, 6.07) is 13.8. The Balaban J connectivity index is 1.43. The average Bonchev–Trinajstić information content (AvgIpc) is 3.27. The lowest BCUT2D eigenvalue weighted by Gasteiger charge is -2.19. The number of nitrogens with zero attached hydrogens (tertiary/aromatic N) is 3. The molecule has 2 aromatic carbocycles. The van der Waals surface area contributed by atoms with Crippen LogP contribution in [0.15, 0.2) is 48.5 Å². The number of amides is 3. The standard InChI is InChI=1S/C20H21N5O3/c1-13(18(26)22-14-6-5-7-15(12-14)28-2)21-20(27)25-11-10-24-17-9-4-3-8-16(17)23-19(24)25/h3-9,12-13H,10-11H2,1-2H3,(H,21,27)(H,22,26)/t13-/m0/s1. The van der Waals surface area contributed by atoms with E-state index in [2.05, 4.69) is 15.6 Å². The Morgan fingerprint density at radius 2 is 1.96 bits per heavy atom.